The summed E-state index contributed by atoms with van der Waals surface area (Å²) >= 11 is 0. The topological polar surface area (TPSA) is 79.8 Å². The van der Waals surface area contributed by atoms with Crippen LogP contribution in [0.25, 0.3) is 10.6 Å². The van der Waals surface area contributed by atoms with Crippen LogP contribution in [0.15, 0.2) is 97.6 Å². The standard InChI is InChI=1S/2C12H12N3.V/c2*1-3-7-14-11(5-1)9-13-10-12-6-2-4-8-15-12;/h2*1-8H,9-10H2;/q2*-1;+2. The van der Waals surface area contributed by atoms with Crippen molar-refractivity contribution in [2.75, 3.05) is 0 Å². The van der Waals surface area contributed by atoms with Gasteiger partial charge in [0, 0.05) is 47.6 Å². The van der Waals surface area contributed by atoms with E-state index in [-0.39, 0.29) is 18.6 Å². The molecule has 6 nitrogen and oxygen atoms in total. The number of aromatic nitrogens is 4. The summed E-state index contributed by atoms with van der Waals surface area (Å²) in [5.41, 5.74) is 3.98. The fraction of sp³-hybridized carbons (Fsp3) is 0.167. The molecule has 0 aromatic carbocycles. The van der Waals surface area contributed by atoms with Gasteiger partial charge >= 0.3 is 18.6 Å². The predicted molar refractivity (Wildman–Crippen MR) is 118 cm³/mol. The molecular weight excluding hydrogens is 423 g/mol. The number of hydrogen-bond acceptors (Lipinski definition) is 4. The maximum Gasteiger partial charge on any atom is 2.00 e. The first-order valence-corrected chi connectivity index (χ1v) is 9.76. The Morgan fingerprint density at radius 1 is 0.419 bits per heavy atom. The summed E-state index contributed by atoms with van der Waals surface area (Å²) in [6, 6.07) is 23.4. The van der Waals surface area contributed by atoms with E-state index in [0.717, 1.165) is 22.8 Å². The van der Waals surface area contributed by atoms with Crippen LogP contribution in [0.3, 0.4) is 0 Å². The van der Waals surface area contributed by atoms with Gasteiger partial charge in [0.05, 0.1) is 0 Å². The summed E-state index contributed by atoms with van der Waals surface area (Å²) in [4.78, 5) is 16.8. The Bertz CT molecular complexity index is 781. The van der Waals surface area contributed by atoms with Gasteiger partial charge in [0.15, 0.2) is 0 Å². The van der Waals surface area contributed by atoms with Crippen molar-refractivity contribution >= 4 is 0 Å². The first-order chi connectivity index (χ1) is 14.9. The van der Waals surface area contributed by atoms with Gasteiger partial charge in [0.1, 0.15) is 0 Å². The Labute approximate surface area is 195 Å². The van der Waals surface area contributed by atoms with Crippen molar-refractivity contribution in [1.29, 1.82) is 0 Å². The van der Waals surface area contributed by atoms with E-state index in [1.54, 1.807) is 24.8 Å². The van der Waals surface area contributed by atoms with Crippen molar-refractivity contribution in [2.45, 2.75) is 26.2 Å². The Kier molecular flexibility index (Phi) is 11.8. The smallest absolute Gasteiger partial charge is 0.652 e. The van der Waals surface area contributed by atoms with Crippen LogP contribution in [-0.2, 0) is 44.7 Å². The molecule has 0 N–H and O–H groups in total. The molecule has 0 aliphatic heterocycles. The molecule has 0 unspecified atom stereocenters. The third-order valence-corrected chi connectivity index (χ3v) is 4.00. The van der Waals surface area contributed by atoms with E-state index in [2.05, 4.69) is 30.6 Å². The van der Waals surface area contributed by atoms with Crippen molar-refractivity contribution in [3.8, 4) is 0 Å². The van der Waals surface area contributed by atoms with Gasteiger partial charge in [-0.25, -0.2) is 0 Å². The first kappa shape index (κ1) is 24.4. The molecule has 0 bridgehead atoms. The average Bonchev–Trinajstić information content (AvgIpc) is 2.82. The third kappa shape index (κ3) is 10.1. The molecule has 7 heteroatoms. The largest absolute Gasteiger partial charge is 2.00 e. The molecule has 0 aliphatic carbocycles. The van der Waals surface area contributed by atoms with Gasteiger partial charge < -0.3 is 10.6 Å². The monoisotopic (exact) mass is 447 g/mol. The number of pyridine rings is 4. The molecule has 0 amide bonds. The minimum atomic E-state index is 0. The molecule has 4 aromatic heterocycles. The summed E-state index contributed by atoms with van der Waals surface area (Å²) in [6.45, 7) is 2.60. The zero-order valence-electron chi connectivity index (χ0n) is 17.2. The minimum absolute atomic E-state index is 0. The molecular formula is C24H24N6V. The quantitative estimate of drug-likeness (QED) is 0.377. The minimum Gasteiger partial charge on any atom is -0.652 e. The van der Waals surface area contributed by atoms with E-state index in [4.69, 9.17) is 0 Å². The van der Waals surface area contributed by atoms with Crippen LogP contribution in [0.5, 0.6) is 0 Å². The van der Waals surface area contributed by atoms with Gasteiger partial charge in [0.2, 0.25) is 0 Å². The van der Waals surface area contributed by atoms with Gasteiger partial charge in [0.25, 0.3) is 0 Å². The average molecular weight is 447 g/mol. The summed E-state index contributed by atoms with van der Waals surface area (Å²) in [5, 5.41) is 8.77. The van der Waals surface area contributed by atoms with Gasteiger partial charge in [-0.1, -0.05) is 24.3 Å². The van der Waals surface area contributed by atoms with Crippen LogP contribution in [0.1, 0.15) is 22.8 Å². The van der Waals surface area contributed by atoms with Crippen molar-refractivity contribution in [3.05, 3.63) is 131 Å². The van der Waals surface area contributed by atoms with E-state index in [1.807, 2.05) is 72.8 Å². The van der Waals surface area contributed by atoms with E-state index in [0.29, 0.717) is 26.2 Å². The van der Waals surface area contributed by atoms with E-state index in [9.17, 15) is 0 Å². The van der Waals surface area contributed by atoms with E-state index < -0.39 is 0 Å². The second-order valence-electron chi connectivity index (χ2n) is 6.36. The SMILES string of the molecule is [V+2].c1ccc(C[N-]Cc2ccccn2)nc1.c1ccc(C[N-]Cc2ccccn2)nc1. The van der Waals surface area contributed by atoms with Crippen LogP contribution < -0.4 is 0 Å². The Balaban J connectivity index is 0.000000213. The Morgan fingerprint density at radius 3 is 0.871 bits per heavy atom. The van der Waals surface area contributed by atoms with Gasteiger partial charge in [-0.2, -0.15) is 0 Å². The molecule has 0 spiro atoms. The molecule has 31 heavy (non-hydrogen) atoms. The van der Waals surface area contributed by atoms with Crippen LogP contribution in [0, 0.1) is 0 Å². The summed E-state index contributed by atoms with van der Waals surface area (Å²) < 4.78 is 0. The molecule has 4 rings (SSSR count). The predicted octanol–water partition coefficient (Wildman–Crippen LogP) is 5.10. The zero-order valence-corrected chi connectivity index (χ0v) is 18.6. The van der Waals surface area contributed by atoms with E-state index in [1.165, 1.54) is 0 Å². The fourth-order valence-corrected chi connectivity index (χ4v) is 2.54. The molecule has 155 valence electrons. The van der Waals surface area contributed by atoms with Crippen LogP contribution in [0.2, 0.25) is 0 Å². The maximum atomic E-state index is 4.39. The molecule has 4 heterocycles. The second kappa shape index (κ2) is 15.0. The summed E-state index contributed by atoms with van der Waals surface area (Å²) in [6.07, 6.45) is 7.13. The summed E-state index contributed by atoms with van der Waals surface area (Å²) in [7, 11) is 0. The number of rotatable bonds is 8. The Morgan fingerprint density at radius 2 is 0.677 bits per heavy atom. The maximum absolute atomic E-state index is 4.39. The van der Waals surface area contributed by atoms with Crippen LogP contribution in [0.4, 0.5) is 0 Å². The Hall–Kier alpha value is -2.90. The molecule has 0 saturated heterocycles. The molecule has 0 fully saturated rings. The van der Waals surface area contributed by atoms with Crippen molar-refractivity contribution in [3.63, 3.8) is 0 Å². The molecule has 0 atom stereocenters. The summed E-state index contributed by atoms with van der Waals surface area (Å²) in [5.74, 6) is 0. The number of nitrogens with zero attached hydrogens (tertiary/aromatic N) is 6. The second-order valence-corrected chi connectivity index (χ2v) is 6.36. The fourth-order valence-electron chi connectivity index (χ4n) is 2.54. The third-order valence-electron chi connectivity index (χ3n) is 4.00. The normalized spacial score (nSPS) is 9.81. The van der Waals surface area contributed by atoms with Crippen LogP contribution >= 0.6 is 0 Å². The number of hydrogen-bond donors (Lipinski definition) is 0. The van der Waals surface area contributed by atoms with Crippen LogP contribution in [-0.4, -0.2) is 19.9 Å². The molecule has 0 saturated carbocycles. The molecule has 1 radical (unpaired) electrons. The van der Waals surface area contributed by atoms with Gasteiger partial charge in [-0.05, 0) is 48.5 Å². The van der Waals surface area contributed by atoms with Crippen molar-refractivity contribution in [1.82, 2.24) is 19.9 Å². The zero-order chi connectivity index (χ0) is 20.7. The van der Waals surface area contributed by atoms with Crippen molar-refractivity contribution in [2.24, 2.45) is 0 Å². The van der Waals surface area contributed by atoms with Gasteiger partial charge in [-0.15, -0.1) is 26.2 Å². The van der Waals surface area contributed by atoms with E-state index >= 15 is 0 Å². The van der Waals surface area contributed by atoms with Gasteiger partial charge in [-0.3, -0.25) is 19.9 Å². The molecule has 4 aromatic rings. The van der Waals surface area contributed by atoms with Crippen molar-refractivity contribution < 1.29 is 18.6 Å². The molecule has 0 aliphatic rings. The first-order valence-electron chi connectivity index (χ1n) is 9.76.